The molecule has 0 spiro atoms. The normalized spacial score (nSPS) is 30.2. The van der Waals surface area contributed by atoms with Crippen molar-refractivity contribution < 1.29 is 19.7 Å². The molecule has 5 atom stereocenters. The van der Waals surface area contributed by atoms with Crippen molar-refractivity contribution in [3.8, 4) is 0 Å². The molecule has 3 N–H and O–H groups in total. The quantitative estimate of drug-likeness (QED) is 0.376. The number of allylic oxidation sites excluding steroid dienone is 2. The van der Waals surface area contributed by atoms with E-state index in [1.807, 2.05) is 0 Å². The summed E-state index contributed by atoms with van der Waals surface area (Å²) in [6.45, 7) is 3.67. The van der Waals surface area contributed by atoms with Crippen molar-refractivity contribution in [1.29, 1.82) is 0 Å². The van der Waals surface area contributed by atoms with E-state index in [1.54, 1.807) is 0 Å². The predicted octanol–water partition coefficient (Wildman–Crippen LogP) is 2.73. The predicted molar refractivity (Wildman–Crippen MR) is 93.9 cm³/mol. The molecule has 5 heteroatoms. The largest absolute Gasteiger partial charge is 0.481 e. The summed E-state index contributed by atoms with van der Waals surface area (Å²) in [5, 5.41) is 21.9. The Morgan fingerprint density at radius 2 is 2.04 bits per heavy atom. The summed E-state index contributed by atoms with van der Waals surface area (Å²) in [6.07, 6.45) is 11.8. The van der Waals surface area contributed by atoms with E-state index in [2.05, 4.69) is 24.4 Å². The number of hydrogen-bond donors (Lipinski definition) is 3. The van der Waals surface area contributed by atoms with E-state index < -0.39 is 5.97 Å². The highest BCUT2D eigenvalue weighted by molar-refractivity contribution is 5.66. The summed E-state index contributed by atoms with van der Waals surface area (Å²) >= 11 is 0. The zero-order valence-electron chi connectivity index (χ0n) is 14.8. The molecule has 2 heterocycles. The molecule has 2 bridgehead atoms. The van der Waals surface area contributed by atoms with E-state index in [-0.39, 0.29) is 12.5 Å². The van der Waals surface area contributed by atoms with Crippen LogP contribution >= 0.6 is 0 Å². The van der Waals surface area contributed by atoms with Crippen LogP contribution in [0.5, 0.6) is 0 Å². The standard InChI is InChI=1S/C19H33NO4/c1-2-7-14(21)12-20-13-16-15(17-10-11-18(16)24-17)8-5-3-4-6-9-19(22)23/h3,5,14-18,20-21H,2,4,6-13H2,1H3,(H,22,23)/t14?,15-,16-,17-,18+/m1/s1. The Kier molecular flexibility index (Phi) is 8.22. The van der Waals surface area contributed by atoms with Crippen molar-refractivity contribution in [2.75, 3.05) is 13.1 Å². The molecule has 0 saturated carbocycles. The minimum absolute atomic E-state index is 0.244. The smallest absolute Gasteiger partial charge is 0.303 e. The van der Waals surface area contributed by atoms with Crippen LogP contribution < -0.4 is 5.32 Å². The van der Waals surface area contributed by atoms with Gasteiger partial charge in [0.05, 0.1) is 18.3 Å². The molecule has 0 aromatic heterocycles. The molecular weight excluding hydrogens is 306 g/mol. The van der Waals surface area contributed by atoms with Gasteiger partial charge in [0.2, 0.25) is 0 Å². The number of carboxylic acids is 1. The van der Waals surface area contributed by atoms with E-state index in [0.717, 1.165) is 45.1 Å². The maximum atomic E-state index is 10.5. The molecular formula is C19H33NO4. The van der Waals surface area contributed by atoms with E-state index in [9.17, 15) is 9.90 Å². The number of rotatable bonds is 12. The molecule has 0 amide bonds. The van der Waals surface area contributed by atoms with Gasteiger partial charge in [-0.3, -0.25) is 4.79 Å². The second-order valence-electron chi connectivity index (χ2n) is 7.21. The average molecular weight is 339 g/mol. The van der Waals surface area contributed by atoms with Crippen LogP contribution in [0, 0.1) is 11.8 Å². The fourth-order valence-electron chi connectivity index (χ4n) is 4.07. The van der Waals surface area contributed by atoms with Gasteiger partial charge in [0, 0.05) is 25.4 Å². The summed E-state index contributed by atoms with van der Waals surface area (Å²) in [5.41, 5.74) is 0. The van der Waals surface area contributed by atoms with Gasteiger partial charge >= 0.3 is 5.97 Å². The van der Waals surface area contributed by atoms with Gasteiger partial charge in [0.25, 0.3) is 0 Å². The molecule has 2 aliphatic heterocycles. The van der Waals surface area contributed by atoms with Gasteiger partial charge in [-0.2, -0.15) is 0 Å². The van der Waals surface area contributed by atoms with Crippen LogP contribution in [0.4, 0.5) is 0 Å². The second kappa shape index (κ2) is 10.2. The molecule has 2 fully saturated rings. The molecule has 2 rings (SSSR count). The number of carbonyl (C=O) groups is 1. The van der Waals surface area contributed by atoms with Gasteiger partial charge in [-0.15, -0.1) is 0 Å². The lowest BCUT2D eigenvalue weighted by atomic mass is 9.77. The van der Waals surface area contributed by atoms with Crippen molar-refractivity contribution in [2.24, 2.45) is 11.8 Å². The number of aliphatic hydroxyl groups excluding tert-OH is 1. The van der Waals surface area contributed by atoms with Crippen LogP contribution in [-0.2, 0) is 9.53 Å². The molecule has 5 nitrogen and oxygen atoms in total. The van der Waals surface area contributed by atoms with Crippen molar-refractivity contribution in [2.45, 2.75) is 76.6 Å². The number of fused-ring (bicyclic) bond motifs is 2. The van der Waals surface area contributed by atoms with Crippen LogP contribution in [-0.4, -0.2) is 47.6 Å². The average Bonchev–Trinajstić information content (AvgIpc) is 3.12. The molecule has 2 saturated heterocycles. The summed E-state index contributed by atoms with van der Waals surface area (Å²) < 4.78 is 6.10. The number of hydrogen-bond acceptors (Lipinski definition) is 4. The first-order valence-electron chi connectivity index (χ1n) is 9.52. The number of unbranched alkanes of at least 4 members (excludes halogenated alkanes) is 1. The van der Waals surface area contributed by atoms with Crippen molar-refractivity contribution >= 4 is 5.97 Å². The molecule has 24 heavy (non-hydrogen) atoms. The number of carboxylic acid groups (broad SMARTS) is 1. The third kappa shape index (κ3) is 5.87. The molecule has 1 unspecified atom stereocenters. The van der Waals surface area contributed by atoms with Crippen molar-refractivity contribution in [3.05, 3.63) is 12.2 Å². The van der Waals surface area contributed by atoms with Gasteiger partial charge < -0.3 is 20.3 Å². The highest BCUT2D eigenvalue weighted by Crippen LogP contribution is 2.44. The van der Waals surface area contributed by atoms with E-state index in [0.29, 0.717) is 37.0 Å². The third-order valence-corrected chi connectivity index (χ3v) is 5.31. The minimum atomic E-state index is -0.721. The Bertz CT molecular complexity index is 412. The lowest BCUT2D eigenvalue weighted by molar-refractivity contribution is -0.137. The maximum Gasteiger partial charge on any atom is 0.303 e. The van der Waals surface area contributed by atoms with Crippen LogP contribution in [0.25, 0.3) is 0 Å². The van der Waals surface area contributed by atoms with Crippen LogP contribution in [0.1, 0.15) is 58.3 Å². The molecule has 0 aromatic rings. The van der Waals surface area contributed by atoms with Gasteiger partial charge in [0.1, 0.15) is 0 Å². The van der Waals surface area contributed by atoms with Crippen LogP contribution in [0.15, 0.2) is 12.2 Å². The lowest BCUT2D eigenvalue weighted by Crippen LogP contribution is -2.38. The van der Waals surface area contributed by atoms with E-state index in [4.69, 9.17) is 9.84 Å². The van der Waals surface area contributed by atoms with Crippen molar-refractivity contribution in [3.63, 3.8) is 0 Å². The molecule has 2 aliphatic rings. The maximum absolute atomic E-state index is 10.5. The van der Waals surface area contributed by atoms with Gasteiger partial charge in [0.15, 0.2) is 0 Å². The van der Waals surface area contributed by atoms with Crippen LogP contribution in [0.3, 0.4) is 0 Å². The van der Waals surface area contributed by atoms with E-state index in [1.165, 1.54) is 0 Å². The minimum Gasteiger partial charge on any atom is -0.481 e. The Labute approximate surface area is 145 Å². The van der Waals surface area contributed by atoms with Crippen LogP contribution in [0.2, 0.25) is 0 Å². The fraction of sp³-hybridized carbons (Fsp3) is 0.842. The highest BCUT2D eigenvalue weighted by Gasteiger charge is 2.47. The number of aliphatic carboxylic acids is 1. The summed E-state index contributed by atoms with van der Waals surface area (Å²) in [5.74, 6) is 0.359. The van der Waals surface area contributed by atoms with E-state index >= 15 is 0 Å². The third-order valence-electron chi connectivity index (χ3n) is 5.31. The zero-order valence-corrected chi connectivity index (χ0v) is 14.8. The van der Waals surface area contributed by atoms with Gasteiger partial charge in [-0.1, -0.05) is 25.5 Å². The lowest BCUT2D eigenvalue weighted by Gasteiger charge is -2.28. The SMILES string of the molecule is CCCC(O)CNC[C@@H]1[C@@H](CC=CCCCC(=O)O)[C@H]2CC[C@@H]1O2. The number of aliphatic hydroxyl groups is 1. The highest BCUT2D eigenvalue weighted by atomic mass is 16.5. The molecule has 138 valence electrons. The molecule has 0 aliphatic carbocycles. The first-order valence-corrected chi connectivity index (χ1v) is 9.52. The Morgan fingerprint density at radius 3 is 2.75 bits per heavy atom. The fourth-order valence-corrected chi connectivity index (χ4v) is 4.07. The van der Waals surface area contributed by atoms with Gasteiger partial charge in [-0.05, 0) is 44.4 Å². The number of nitrogens with one attached hydrogen (secondary N) is 1. The first kappa shape index (κ1) is 19.4. The summed E-state index contributed by atoms with van der Waals surface area (Å²) in [4.78, 5) is 10.5. The Morgan fingerprint density at radius 1 is 1.29 bits per heavy atom. The Balaban J connectivity index is 1.71. The molecule has 0 radical (unpaired) electrons. The topological polar surface area (TPSA) is 78.8 Å². The summed E-state index contributed by atoms with van der Waals surface area (Å²) in [7, 11) is 0. The summed E-state index contributed by atoms with van der Waals surface area (Å²) in [6, 6.07) is 0. The Hall–Kier alpha value is -0.910. The molecule has 0 aromatic carbocycles. The van der Waals surface area contributed by atoms with Crippen molar-refractivity contribution in [1.82, 2.24) is 5.32 Å². The first-order chi connectivity index (χ1) is 11.6. The number of ether oxygens (including phenoxy) is 1. The second-order valence-corrected chi connectivity index (χ2v) is 7.21. The zero-order chi connectivity index (χ0) is 17.4. The van der Waals surface area contributed by atoms with Gasteiger partial charge in [-0.25, -0.2) is 0 Å². The monoisotopic (exact) mass is 339 g/mol.